The fraction of sp³-hybridized carbons (Fsp3) is 0.0714. The number of phenols is 1. The molecule has 9 heteroatoms. The van der Waals surface area contributed by atoms with Crippen molar-refractivity contribution in [1.82, 2.24) is 0 Å². The number of aromatic hydroxyl groups is 1. The number of nitrogens with one attached hydrogen (secondary N) is 2. The molecule has 23 heavy (non-hydrogen) atoms. The van der Waals surface area contributed by atoms with Crippen molar-refractivity contribution in [3.8, 4) is 5.75 Å². The summed E-state index contributed by atoms with van der Waals surface area (Å²) < 4.78 is 38.0. The normalized spacial score (nSPS) is 11.2. The summed E-state index contributed by atoms with van der Waals surface area (Å²) >= 11 is 11.5. The SMILES string of the molecule is O=C(Nc1ccc(Cl)c(Cl)c1)Nc1ccc(O)c(C(F)(F)F)c1. The summed E-state index contributed by atoms with van der Waals surface area (Å²) in [5.74, 6) is -0.923. The number of anilines is 2. The summed E-state index contributed by atoms with van der Waals surface area (Å²) in [6.45, 7) is 0. The van der Waals surface area contributed by atoms with Crippen LogP contribution in [0.4, 0.5) is 29.3 Å². The van der Waals surface area contributed by atoms with E-state index < -0.39 is 23.5 Å². The van der Waals surface area contributed by atoms with E-state index in [0.29, 0.717) is 16.8 Å². The number of amides is 2. The molecule has 0 aliphatic heterocycles. The number of urea groups is 1. The lowest BCUT2D eigenvalue weighted by molar-refractivity contribution is -0.138. The highest BCUT2D eigenvalue weighted by atomic mass is 35.5. The third-order valence-electron chi connectivity index (χ3n) is 2.74. The van der Waals surface area contributed by atoms with Gasteiger partial charge in [-0.3, -0.25) is 0 Å². The zero-order valence-corrected chi connectivity index (χ0v) is 12.7. The van der Waals surface area contributed by atoms with E-state index in [-0.39, 0.29) is 10.7 Å². The number of alkyl halides is 3. The van der Waals surface area contributed by atoms with Crippen LogP contribution in [0.3, 0.4) is 0 Å². The zero-order chi connectivity index (χ0) is 17.2. The highest BCUT2D eigenvalue weighted by molar-refractivity contribution is 6.42. The van der Waals surface area contributed by atoms with Gasteiger partial charge in [0.1, 0.15) is 5.75 Å². The Labute approximate surface area is 138 Å². The lowest BCUT2D eigenvalue weighted by Gasteiger charge is -2.12. The second kappa shape index (κ2) is 6.55. The third-order valence-corrected chi connectivity index (χ3v) is 3.48. The number of carbonyl (C=O) groups is 1. The van der Waals surface area contributed by atoms with Crippen molar-refractivity contribution in [2.75, 3.05) is 10.6 Å². The molecule has 0 radical (unpaired) electrons. The van der Waals surface area contributed by atoms with Gasteiger partial charge in [0.25, 0.3) is 0 Å². The maximum atomic E-state index is 12.7. The van der Waals surface area contributed by atoms with Crippen molar-refractivity contribution in [1.29, 1.82) is 0 Å². The molecular formula is C14H9Cl2F3N2O2. The monoisotopic (exact) mass is 364 g/mol. The largest absolute Gasteiger partial charge is 0.507 e. The van der Waals surface area contributed by atoms with Crippen LogP contribution in [0.5, 0.6) is 5.75 Å². The average molecular weight is 365 g/mol. The molecule has 2 rings (SSSR count). The first-order chi connectivity index (χ1) is 10.7. The summed E-state index contributed by atoms with van der Waals surface area (Å²) in [5.41, 5.74) is -1.07. The Morgan fingerprint density at radius 3 is 2.09 bits per heavy atom. The number of carbonyl (C=O) groups excluding carboxylic acids is 1. The van der Waals surface area contributed by atoms with Gasteiger partial charge in [0.2, 0.25) is 0 Å². The number of halogens is 5. The van der Waals surface area contributed by atoms with Gasteiger partial charge < -0.3 is 15.7 Å². The Kier molecular flexibility index (Phi) is 4.91. The first-order valence-electron chi connectivity index (χ1n) is 6.10. The molecule has 3 N–H and O–H groups in total. The lowest BCUT2D eigenvalue weighted by atomic mass is 10.1. The minimum absolute atomic E-state index is 0.132. The maximum Gasteiger partial charge on any atom is 0.420 e. The molecule has 0 aromatic heterocycles. The molecule has 0 aliphatic carbocycles. The molecule has 0 heterocycles. The minimum atomic E-state index is -4.73. The molecule has 122 valence electrons. The van der Waals surface area contributed by atoms with Gasteiger partial charge in [0.05, 0.1) is 15.6 Å². The molecule has 0 spiro atoms. The van der Waals surface area contributed by atoms with Crippen molar-refractivity contribution in [2.24, 2.45) is 0 Å². The van der Waals surface area contributed by atoms with Crippen molar-refractivity contribution in [3.63, 3.8) is 0 Å². The van der Waals surface area contributed by atoms with E-state index in [4.69, 9.17) is 23.2 Å². The molecular weight excluding hydrogens is 356 g/mol. The van der Waals surface area contributed by atoms with Crippen LogP contribution < -0.4 is 10.6 Å². The minimum Gasteiger partial charge on any atom is -0.507 e. The highest BCUT2D eigenvalue weighted by Crippen LogP contribution is 2.37. The fourth-order valence-electron chi connectivity index (χ4n) is 1.71. The van der Waals surface area contributed by atoms with Crippen LogP contribution in [0.25, 0.3) is 0 Å². The number of benzene rings is 2. The summed E-state index contributed by atoms with van der Waals surface area (Å²) in [6, 6.07) is 6.16. The van der Waals surface area contributed by atoms with E-state index in [9.17, 15) is 23.1 Å². The number of rotatable bonds is 2. The Morgan fingerprint density at radius 2 is 1.52 bits per heavy atom. The van der Waals surface area contributed by atoms with E-state index in [2.05, 4.69) is 10.6 Å². The van der Waals surface area contributed by atoms with Crippen LogP contribution in [0, 0.1) is 0 Å². The van der Waals surface area contributed by atoms with E-state index >= 15 is 0 Å². The van der Waals surface area contributed by atoms with Crippen molar-refractivity contribution in [3.05, 3.63) is 52.0 Å². The molecule has 0 saturated heterocycles. The van der Waals surface area contributed by atoms with Crippen LogP contribution >= 0.6 is 23.2 Å². The predicted molar refractivity (Wildman–Crippen MR) is 82.2 cm³/mol. The molecule has 2 amide bonds. The van der Waals surface area contributed by atoms with Gasteiger partial charge in [-0.25, -0.2) is 4.79 Å². The van der Waals surface area contributed by atoms with E-state index in [1.165, 1.54) is 18.2 Å². The zero-order valence-electron chi connectivity index (χ0n) is 11.2. The van der Waals surface area contributed by atoms with Crippen LogP contribution in [-0.4, -0.2) is 11.1 Å². The molecule has 0 aliphatic rings. The second-order valence-corrected chi connectivity index (χ2v) is 5.25. The van der Waals surface area contributed by atoms with Crippen LogP contribution in [0.1, 0.15) is 5.56 Å². The summed E-state index contributed by atoms with van der Waals surface area (Å²) in [7, 11) is 0. The van der Waals surface area contributed by atoms with Crippen LogP contribution in [0.2, 0.25) is 10.0 Å². The quantitative estimate of drug-likeness (QED) is 0.628. The summed E-state index contributed by atoms with van der Waals surface area (Å²) in [5, 5.41) is 14.4. The number of phenolic OH excluding ortho intramolecular Hbond substituents is 1. The van der Waals surface area contributed by atoms with Crippen LogP contribution in [0.15, 0.2) is 36.4 Å². The third kappa shape index (κ3) is 4.43. The Hall–Kier alpha value is -2.12. The second-order valence-electron chi connectivity index (χ2n) is 4.44. The Bertz CT molecular complexity index is 751. The van der Waals surface area contributed by atoms with Gasteiger partial charge >= 0.3 is 12.2 Å². The summed E-state index contributed by atoms with van der Waals surface area (Å²) in [4.78, 5) is 11.8. The standard InChI is InChI=1S/C14H9Cl2F3N2O2/c15-10-3-1-8(6-11(10)16)21-13(23)20-7-2-4-12(22)9(5-7)14(17,18)19/h1-6,22H,(H2,20,21,23). The maximum absolute atomic E-state index is 12.7. The smallest absolute Gasteiger partial charge is 0.420 e. The summed E-state index contributed by atoms with van der Waals surface area (Å²) in [6.07, 6.45) is -4.73. The Morgan fingerprint density at radius 1 is 0.957 bits per heavy atom. The molecule has 0 bridgehead atoms. The molecule has 0 saturated carbocycles. The van der Waals surface area contributed by atoms with Gasteiger partial charge in [-0.1, -0.05) is 23.2 Å². The predicted octanol–water partition coefficient (Wildman–Crippen LogP) is 5.36. The molecule has 0 unspecified atom stereocenters. The molecule has 0 atom stereocenters. The van der Waals surface area contributed by atoms with E-state index in [1.54, 1.807) is 0 Å². The molecule has 0 fully saturated rings. The lowest BCUT2D eigenvalue weighted by Crippen LogP contribution is -2.19. The fourth-order valence-corrected chi connectivity index (χ4v) is 2.01. The topological polar surface area (TPSA) is 61.4 Å². The first-order valence-corrected chi connectivity index (χ1v) is 6.85. The van der Waals surface area contributed by atoms with Crippen molar-refractivity contribution < 1.29 is 23.1 Å². The van der Waals surface area contributed by atoms with Gasteiger partial charge in [-0.05, 0) is 36.4 Å². The molecule has 2 aromatic rings. The van der Waals surface area contributed by atoms with Gasteiger partial charge in [0, 0.05) is 11.4 Å². The first kappa shape index (κ1) is 17.2. The average Bonchev–Trinajstić information content (AvgIpc) is 2.44. The van der Waals surface area contributed by atoms with Gasteiger partial charge in [-0.15, -0.1) is 0 Å². The van der Waals surface area contributed by atoms with Gasteiger partial charge in [-0.2, -0.15) is 13.2 Å². The van der Waals surface area contributed by atoms with Gasteiger partial charge in [0.15, 0.2) is 0 Å². The van der Waals surface area contributed by atoms with Crippen molar-refractivity contribution >= 4 is 40.6 Å². The number of hydrogen-bond acceptors (Lipinski definition) is 2. The van der Waals surface area contributed by atoms with E-state index in [0.717, 1.165) is 12.1 Å². The van der Waals surface area contributed by atoms with Crippen molar-refractivity contribution in [2.45, 2.75) is 6.18 Å². The Balaban J connectivity index is 2.12. The van der Waals surface area contributed by atoms with Crippen LogP contribution in [-0.2, 0) is 6.18 Å². The van der Waals surface area contributed by atoms with E-state index in [1.807, 2.05) is 0 Å². The highest BCUT2D eigenvalue weighted by Gasteiger charge is 2.34. The number of hydrogen-bond donors (Lipinski definition) is 3. The molecule has 4 nitrogen and oxygen atoms in total. The molecule has 2 aromatic carbocycles.